The fourth-order valence-electron chi connectivity index (χ4n) is 16.5. The predicted molar refractivity (Wildman–Crippen MR) is 440 cm³/mol. The second kappa shape index (κ2) is 28.7. The first-order chi connectivity index (χ1) is 54.8. The molecule has 10 heteroatoms. The summed E-state index contributed by atoms with van der Waals surface area (Å²) in [4.78, 5) is 4.33. The Kier molecular flexibility index (Phi) is 17.8. The zero-order valence-corrected chi connectivity index (χ0v) is 60.2. The van der Waals surface area contributed by atoms with Crippen LogP contribution in [0.25, 0.3) is 67.8 Å². The van der Waals surface area contributed by atoms with Gasteiger partial charge in [0.05, 0.1) is 10.8 Å². The first kappa shape index (κ1) is 69.5. The molecule has 0 aromatic heterocycles. The van der Waals surface area contributed by atoms with E-state index in [2.05, 4.69) is 120 Å². The van der Waals surface area contributed by atoms with Crippen molar-refractivity contribution in [2.24, 2.45) is 0 Å². The van der Waals surface area contributed by atoms with E-state index in [0.29, 0.717) is 34.1 Å². The summed E-state index contributed by atoms with van der Waals surface area (Å²) in [5, 5.41) is 0. The molecule has 2 aliphatic carbocycles. The van der Waals surface area contributed by atoms with Gasteiger partial charge in [0, 0.05) is 46.3 Å². The summed E-state index contributed by atoms with van der Waals surface area (Å²) in [6.45, 7) is 7.77. The number of hydrogen-bond acceptors (Lipinski definition) is 4. The number of benzene rings is 16. The van der Waals surface area contributed by atoms with Gasteiger partial charge in [-0.25, -0.2) is 26.3 Å². The molecule has 0 heterocycles. The van der Waals surface area contributed by atoms with Crippen molar-refractivity contribution in [3.05, 3.63) is 468 Å². The Hall–Kier alpha value is -14.2. The molecule has 2 aliphatic rings. The average molecular weight is 1470 g/mol. The molecule has 2 atom stereocenters. The van der Waals surface area contributed by atoms with Gasteiger partial charge in [-0.1, -0.05) is 207 Å². The molecule has 0 saturated heterocycles. The van der Waals surface area contributed by atoms with E-state index in [-0.39, 0.29) is 11.6 Å². The number of ether oxygens (including phenoxy) is 2. The van der Waals surface area contributed by atoms with E-state index < -0.39 is 34.1 Å². The van der Waals surface area contributed by atoms with Crippen molar-refractivity contribution in [3.63, 3.8) is 0 Å². The van der Waals surface area contributed by atoms with Crippen LogP contribution in [0.1, 0.15) is 55.6 Å². The molecular formula is C102H66F6N2O2. The maximum Gasteiger partial charge on any atom is 0.127 e. The number of nitrogens with zero attached hydrogens (tertiary/aromatic N) is 2. The fraction of sp³-hybridized carbons (Fsp3) is 0.0196. The van der Waals surface area contributed by atoms with Gasteiger partial charge in [0.1, 0.15) is 57.9 Å². The van der Waals surface area contributed by atoms with Gasteiger partial charge in [0.25, 0.3) is 0 Å². The van der Waals surface area contributed by atoms with E-state index in [9.17, 15) is 8.78 Å². The van der Waals surface area contributed by atoms with Crippen LogP contribution >= 0.6 is 0 Å². The molecule has 16 aromatic rings. The van der Waals surface area contributed by atoms with Crippen LogP contribution in [-0.2, 0) is 10.8 Å². The minimum atomic E-state index is -1.24. The van der Waals surface area contributed by atoms with Gasteiger partial charge >= 0.3 is 0 Å². The van der Waals surface area contributed by atoms with Gasteiger partial charge in [-0.15, -0.1) is 0 Å². The Morgan fingerprint density at radius 3 is 0.777 bits per heavy atom. The summed E-state index contributed by atoms with van der Waals surface area (Å²) in [5.74, 6) is -1.09. The molecule has 538 valence electrons. The number of hydrogen-bond donors (Lipinski definition) is 0. The topological polar surface area (TPSA) is 24.9 Å². The van der Waals surface area contributed by atoms with E-state index in [0.717, 1.165) is 146 Å². The van der Waals surface area contributed by atoms with Crippen molar-refractivity contribution in [2.45, 2.75) is 10.8 Å². The molecular weight excluding hydrogens is 1400 g/mol. The molecule has 112 heavy (non-hydrogen) atoms. The number of rotatable bonds is 19. The molecule has 4 nitrogen and oxygen atoms in total. The Morgan fingerprint density at radius 2 is 0.482 bits per heavy atom. The van der Waals surface area contributed by atoms with Crippen molar-refractivity contribution < 1.29 is 35.8 Å². The summed E-state index contributed by atoms with van der Waals surface area (Å²) in [5.41, 5.74) is 18.8. The van der Waals surface area contributed by atoms with E-state index in [1.807, 2.05) is 182 Å². The molecule has 16 aromatic carbocycles. The molecule has 0 bridgehead atoms. The first-order valence-corrected chi connectivity index (χ1v) is 36.7. The monoisotopic (exact) mass is 1460 g/mol. The van der Waals surface area contributed by atoms with Gasteiger partial charge in [0.2, 0.25) is 0 Å². The average Bonchev–Trinajstić information content (AvgIpc) is 1.53. The molecule has 0 N–H and O–H groups in total. The Balaban J connectivity index is 0.744. The van der Waals surface area contributed by atoms with Gasteiger partial charge in [-0.05, 0) is 281 Å². The van der Waals surface area contributed by atoms with Crippen molar-refractivity contribution in [3.8, 4) is 78.6 Å². The molecule has 0 radical (unpaired) electrons. The van der Waals surface area contributed by atoms with E-state index in [1.165, 1.54) is 48.5 Å². The Labute approximate surface area is 645 Å². The highest BCUT2D eigenvalue weighted by Gasteiger charge is 2.49. The maximum atomic E-state index is 16.1. The van der Waals surface area contributed by atoms with Crippen LogP contribution in [0, 0.1) is 34.9 Å². The van der Waals surface area contributed by atoms with Crippen LogP contribution in [0.4, 0.5) is 60.5 Å². The fourth-order valence-corrected chi connectivity index (χ4v) is 16.5. The highest BCUT2D eigenvalue weighted by Crippen LogP contribution is 2.60. The molecule has 1 unspecified atom stereocenters. The third-order valence-electron chi connectivity index (χ3n) is 21.6. The number of fused-ring (bicyclic) bond motifs is 6. The smallest absolute Gasteiger partial charge is 0.127 e. The lowest BCUT2D eigenvalue weighted by atomic mass is 9.67. The van der Waals surface area contributed by atoms with Crippen LogP contribution in [0.5, 0.6) is 23.0 Å². The zero-order valence-electron chi connectivity index (χ0n) is 60.2. The highest BCUT2D eigenvalue weighted by atomic mass is 19.2. The van der Waals surface area contributed by atoms with Gasteiger partial charge in [0.15, 0.2) is 0 Å². The third kappa shape index (κ3) is 12.6. The van der Waals surface area contributed by atoms with E-state index >= 15 is 17.6 Å². The van der Waals surface area contributed by atoms with Crippen molar-refractivity contribution in [1.29, 1.82) is 0 Å². The summed E-state index contributed by atoms with van der Waals surface area (Å²) in [6.07, 6.45) is 3.54. The van der Waals surface area contributed by atoms with Crippen LogP contribution in [0.3, 0.4) is 0 Å². The van der Waals surface area contributed by atoms with Crippen LogP contribution in [0.15, 0.2) is 377 Å². The number of halogens is 6. The largest absolute Gasteiger partial charge is 0.457 e. The Morgan fingerprint density at radius 1 is 0.223 bits per heavy atom. The SMILES string of the molecule is C=Cc1ccc(Oc2ccc(C3(c4cc(F)cc(F)c4)c4ccccc4-c4ccc(N(c5ccc(-c6ccc(F)cc6)cc5)c5ccc(-c6ccc(N(c7ccc(-c8ccc(F)cc8)cc7)c7ccc8c(c7)[C@](c7ccc(Oc9ccc(C=C)cc9)cc7)(c7cc(F)cc(F)c7)c7ccccc7-8)cc6)cc5)cc43)cc2)cc1. The molecule has 0 aliphatic heterocycles. The van der Waals surface area contributed by atoms with E-state index in [4.69, 9.17) is 9.47 Å². The highest BCUT2D eigenvalue weighted by molar-refractivity contribution is 5.93. The molecule has 0 amide bonds. The van der Waals surface area contributed by atoms with Crippen LogP contribution < -0.4 is 19.3 Å². The van der Waals surface area contributed by atoms with Crippen molar-refractivity contribution in [2.75, 3.05) is 9.80 Å². The number of anilines is 6. The second-order valence-electron chi connectivity index (χ2n) is 28.0. The first-order valence-electron chi connectivity index (χ1n) is 36.7. The summed E-state index contributed by atoms with van der Waals surface area (Å²) in [7, 11) is 0. The summed E-state index contributed by atoms with van der Waals surface area (Å²) in [6, 6.07) is 112. The lowest BCUT2D eigenvalue weighted by Gasteiger charge is -2.35. The zero-order chi connectivity index (χ0) is 76.2. The van der Waals surface area contributed by atoms with Crippen LogP contribution in [0.2, 0.25) is 0 Å². The summed E-state index contributed by atoms with van der Waals surface area (Å²) >= 11 is 0. The lowest BCUT2D eigenvalue weighted by molar-refractivity contribution is 0.482. The van der Waals surface area contributed by atoms with Crippen LogP contribution in [-0.4, -0.2) is 0 Å². The second-order valence-corrected chi connectivity index (χ2v) is 28.0. The minimum absolute atomic E-state index is 0.333. The predicted octanol–water partition coefficient (Wildman–Crippen LogP) is 28.1. The molecule has 0 saturated carbocycles. The van der Waals surface area contributed by atoms with Crippen molar-refractivity contribution >= 4 is 46.3 Å². The van der Waals surface area contributed by atoms with E-state index in [1.54, 1.807) is 36.4 Å². The minimum Gasteiger partial charge on any atom is -0.457 e. The lowest BCUT2D eigenvalue weighted by Crippen LogP contribution is -2.29. The molecule has 18 rings (SSSR count). The molecule has 0 fully saturated rings. The maximum absolute atomic E-state index is 16.1. The van der Waals surface area contributed by atoms with Crippen molar-refractivity contribution in [1.82, 2.24) is 0 Å². The quantitative estimate of drug-likeness (QED) is 0.0754. The van der Waals surface area contributed by atoms with Gasteiger partial charge in [-0.2, -0.15) is 0 Å². The Bertz CT molecular complexity index is 5830. The third-order valence-corrected chi connectivity index (χ3v) is 21.6. The van der Waals surface area contributed by atoms with Gasteiger partial charge < -0.3 is 19.3 Å². The normalized spacial score (nSPS) is 14.3. The summed E-state index contributed by atoms with van der Waals surface area (Å²) < 4.78 is 106. The van der Waals surface area contributed by atoms with Gasteiger partial charge in [-0.3, -0.25) is 0 Å². The molecule has 0 spiro atoms. The standard InChI is InChI=1S/C102H66F6N2O2/c1-3-65-13-47-89(48-14-65)111-91-51-29-73(30-52-91)101(75-57-79(105)61-80(106)58-75)97-11-7-5-9-93(97)95-55-45-87(63-99(95)101)109(83-37-21-69(22-38-83)67-17-33-77(103)34-18-67)85-41-25-71(26-42-85)72-27-43-86(44-28-72)110(84-39-23-70(24-40-84)68-19-35-78(104)36-20-68)88-46-56-96-94-10-6-8-12-98(94)102(100(96)64-88,76-59-81(107)62-82(108)60-76)74-31-53-92(54-32-74)112-90-49-15-66(4-2)16-50-90/h3-64H,1-2H2/t101-,102?/m1/s1.